The number of unbranched alkanes of at least 4 members (excludes halogenated alkanes) is 2. The fourth-order valence-corrected chi connectivity index (χ4v) is 3.16. The maximum absolute atomic E-state index is 12.8. The van der Waals surface area contributed by atoms with Gasteiger partial charge in [-0.25, -0.2) is 4.79 Å². The molecule has 4 amide bonds. The van der Waals surface area contributed by atoms with Crippen LogP contribution in [0.2, 0.25) is 0 Å². The van der Waals surface area contributed by atoms with Gasteiger partial charge in [0.1, 0.15) is 18.1 Å². The Balaban J connectivity index is 5.48. The zero-order valence-corrected chi connectivity index (χ0v) is 20.2. The van der Waals surface area contributed by atoms with E-state index in [9.17, 15) is 33.9 Å². The molecule has 0 saturated heterocycles. The second-order valence-electron chi connectivity index (χ2n) is 8.30. The molecule has 0 spiro atoms. The fourth-order valence-electron chi connectivity index (χ4n) is 3.16. The monoisotopic (exact) mass is 517 g/mol. The molecule has 0 saturated carbocycles. The topological polar surface area (TPSA) is 283 Å². The molecule has 13 N–H and O–H groups in total. The van der Waals surface area contributed by atoms with Gasteiger partial charge in [-0.1, -0.05) is 6.42 Å². The Kier molecular flexibility index (Phi) is 16.4. The summed E-state index contributed by atoms with van der Waals surface area (Å²) in [4.78, 5) is 72.0. The number of carboxylic acids is 2. The number of hydrogen-bond donors (Lipinski definition) is 9. The summed E-state index contributed by atoms with van der Waals surface area (Å²) in [6, 6.07) is -5.23. The highest BCUT2D eigenvalue weighted by Gasteiger charge is 2.31. The van der Waals surface area contributed by atoms with Crippen molar-refractivity contribution in [2.75, 3.05) is 13.1 Å². The van der Waals surface area contributed by atoms with E-state index >= 15 is 0 Å². The average molecular weight is 518 g/mol. The van der Waals surface area contributed by atoms with Gasteiger partial charge in [0, 0.05) is 6.42 Å². The van der Waals surface area contributed by atoms with E-state index in [0.29, 0.717) is 38.8 Å². The van der Waals surface area contributed by atoms with Crippen molar-refractivity contribution in [2.24, 2.45) is 22.9 Å². The molecular formula is C21H39N7O8. The van der Waals surface area contributed by atoms with Crippen LogP contribution < -0.4 is 38.9 Å². The first-order valence-electron chi connectivity index (χ1n) is 11.7. The molecule has 0 aliphatic heterocycles. The first kappa shape index (κ1) is 32.7. The lowest BCUT2D eigenvalue weighted by Gasteiger charge is -2.24. The van der Waals surface area contributed by atoms with Crippen LogP contribution in [0.3, 0.4) is 0 Å². The first-order chi connectivity index (χ1) is 16.9. The summed E-state index contributed by atoms with van der Waals surface area (Å²) in [7, 11) is 0. The Morgan fingerprint density at radius 1 is 0.667 bits per heavy atom. The van der Waals surface area contributed by atoms with E-state index in [1.54, 1.807) is 0 Å². The van der Waals surface area contributed by atoms with E-state index < -0.39 is 72.6 Å². The van der Waals surface area contributed by atoms with Gasteiger partial charge in [0.15, 0.2) is 0 Å². The van der Waals surface area contributed by atoms with Crippen LogP contribution in [0.5, 0.6) is 0 Å². The highest BCUT2D eigenvalue weighted by atomic mass is 16.4. The number of primary amides is 1. The Hall–Kier alpha value is -3.30. The summed E-state index contributed by atoms with van der Waals surface area (Å²) in [5, 5.41) is 25.2. The predicted octanol–water partition coefficient (Wildman–Crippen LogP) is -3.15. The highest BCUT2D eigenvalue weighted by molar-refractivity contribution is 5.96. The van der Waals surface area contributed by atoms with E-state index in [0.717, 1.165) is 0 Å². The zero-order valence-electron chi connectivity index (χ0n) is 20.2. The predicted molar refractivity (Wildman–Crippen MR) is 128 cm³/mol. The van der Waals surface area contributed by atoms with Gasteiger partial charge in [-0.15, -0.1) is 0 Å². The number of carbonyl (C=O) groups is 6. The van der Waals surface area contributed by atoms with Crippen molar-refractivity contribution < 1.29 is 39.0 Å². The molecule has 206 valence electrons. The summed E-state index contributed by atoms with van der Waals surface area (Å²) in [5.74, 6) is -6.16. The van der Waals surface area contributed by atoms with Crippen molar-refractivity contribution in [1.29, 1.82) is 0 Å². The van der Waals surface area contributed by atoms with Crippen molar-refractivity contribution >= 4 is 35.6 Å². The lowest BCUT2D eigenvalue weighted by atomic mass is 10.1. The number of carboxylic acid groups (broad SMARTS) is 2. The van der Waals surface area contributed by atoms with E-state index in [-0.39, 0.29) is 19.3 Å². The van der Waals surface area contributed by atoms with Crippen LogP contribution in [0.1, 0.15) is 57.8 Å². The van der Waals surface area contributed by atoms with Gasteiger partial charge < -0.3 is 49.1 Å². The van der Waals surface area contributed by atoms with Crippen LogP contribution in [0.15, 0.2) is 0 Å². The van der Waals surface area contributed by atoms with Crippen LogP contribution in [0.25, 0.3) is 0 Å². The molecule has 0 aromatic heterocycles. The summed E-state index contributed by atoms with van der Waals surface area (Å²) in [6.07, 6.45) is 0.969. The maximum atomic E-state index is 12.8. The normalized spacial score (nSPS) is 14.1. The van der Waals surface area contributed by atoms with Gasteiger partial charge in [-0.2, -0.15) is 0 Å². The zero-order chi connectivity index (χ0) is 27.7. The Bertz CT molecular complexity index is 765. The summed E-state index contributed by atoms with van der Waals surface area (Å²) >= 11 is 0. The number of nitrogens with one attached hydrogen (secondary N) is 3. The third kappa shape index (κ3) is 14.2. The summed E-state index contributed by atoms with van der Waals surface area (Å²) in [6.45, 7) is 0.748. The Labute approximate surface area is 209 Å². The quantitative estimate of drug-likeness (QED) is 0.0726. The number of hydrogen-bond acceptors (Lipinski definition) is 9. The molecule has 4 unspecified atom stereocenters. The molecule has 0 aliphatic rings. The Morgan fingerprint density at radius 2 is 1.17 bits per heavy atom. The van der Waals surface area contributed by atoms with E-state index in [4.69, 9.17) is 28.0 Å². The molecule has 0 fully saturated rings. The average Bonchev–Trinajstić information content (AvgIpc) is 2.79. The summed E-state index contributed by atoms with van der Waals surface area (Å²) in [5.41, 5.74) is 21.8. The van der Waals surface area contributed by atoms with Gasteiger partial charge in [0.05, 0.1) is 12.5 Å². The van der Waals surface area contributed by atoms with E-state index in [1.165, 1.54) is 0 Å². The molecule has 0 rings (SSSR count). The van der Waals surface area contributed by atoms with Crippen LogP contribution in [0, 0.1) is 0 Å². The third-order valence-electron chi connectivity index (χ3n) is 5.19. The molecule has 0 aromatic carbocycles. The molecule has 0 radical (unpaired) electrons. The third-order valence-corrected chi connectivity index (χ3v) is 5.19. The van der Waals surface area contributed by atoms with E-state index in [1.807, 2.05) is 0 Å². The molecule has 0 bridgehead atoms. The van der Waals surface area contributed by atoms with E-state index in [2.05, 4.69) is 16.0 Å². The number of amides is 4. The molecule has 4 atom stereocenters. The van der Waals surface area contributed by atoms with Crippen LogP contribution in [0.4, 0.5) is 0 Å². The van der Waals surface area contributed by atoms with Crippen molar-refractivity contribution in [3.63, 3.8) is 0 Å². The molecule has 36 heavy (non-hydrogen) atoms. The highest BCUT2D eigenvalue weighted by Crippen LogP contribution is 2.06. The van der Waals surface area contributed by atoms with Crippen LogP contribution >= 0.6 is 0 Å². The van der Waals surface area contributed by atoms with Crippen molar-refractivity contribution in [3.05, 3.63) is 0 Å². The van der Waals surface area contributed by atoms with Crippen LogP contribution in [-0.2, 0) is 28.8 Å². The maximum Gasteiger partial charge on any atom is 0.326 e. The lowest BCUT2D eigenvalue weighted by molar-refractivity contribution is -0.143. The Morgan fingerprint density at radius 3 is 1.67 bits per heavy atom. The standard InChI is InChI=1S/C21H39N7O8/c22-9-3-1-5-12(24)18(32)28-15(11-16(25)29)20(34)26-13(7-8-17(30)31)19(33)27-14(21(35)36)6-2-4-10-23/h12-15H,1-11,22-24H2,(H2,25,29)(H,26,34)(H,27,33)(H,28,32)(H,30,31)(H,35,36). The lowest BCUT2D eigenvalue weighted by Crippen LogP contribution is -2.57. The van der Waals surface area contributed by atoms with Gasteiger partial charge in [-0.05, 0) is 51.6 Å². The SMILES string of the molecule is NCCCCC(N)C(=O)NC(CC(N)=O)C(=O)NC(CCC(=O)O)C(=O)NC(CCCCN)C(=O)O. The molecule has 0 aromatic rings. The number of aliphatic carboxylic acids is 2. The molecular weight excluding hydrogens is 478 g/mol. The van der Waals surface area contributed by atoms with Crippen molar-refractivity contribution in [2.45, 2.75) is 82.0 Å². The molecule has 15 heteroatoms. The molecule has 0 heterocycles. The fraction of sp³-hybridized carbons (Fsp3) is 0.714. The van der Waals surface area contributed by atoms with Gasteiger partial charge >= 0.3 is 11.9 Å². The second-order valence-corrected chi connectivity index (χ2v) is 8.30. The minimum absolute atomic E-state index is 0.0697. The van der Waals surface area contributed by atoms with Crippen molar-refractivity contribution in [3.8, 4) is 0 Å². The second kappa shape index (κ2) is 18.0. The van der Waals surface area contributed by atoms with Gasteiger partial charge in [0.25, 0.3) is 0 Å². The number of rotatable bonds is 20. The minimum Gasteiger partial charge on any atom is -0.481 e. The van der Waals surface area contributed by atoms with Crippen LogP contribution in [-0.4, -0.2) is 83.0 Å². The van der Waals surface area contributed by atoms with Crippen molar-refractivity contribution in [1.82, 2.24) is 16.0 Å². The van der Waals surface area contributed by atoms with Gasteiger partial charge in [-0.3, -0.25) is 24.0 Å². The smallest absolute Gasteiger partial charge is 0.326 e. The molecule has 0 aliphatic carbocycles. The number of nitrogens with two attached hydrogens (primary N) is 4. The first-order valence-corrected chi connectivity index (χ1v) is 11.7. The minimum atomic E-state index is -1.49. The molecule has 15 nitrogen and oxygen atoms in total. The largest absolute Gasteiger partial charge is 0.481 e. The summed E-state index contributed by atoms with van der Waals surface area (Å²) < 4.78 is 0. The number of carbonyl (C=O) groups excluding carboxylic acids is 4. The van der Waals surface area contributed by atoms with Gasteiger partial charge in [0.2, 0.25) is 23.6 Å².